The van der Waals surface area contributed by atoms with Gasteiger partial charge in [0.15, 0.2) is 12.2 Å². The summed E-state index contributed by atoms with van der Waals surface area (Å²) < 4.78 is 5.16. The Hall–Kier alpha value is -2.14. The standard InChI is InChI=1S/C12H13N3O2/c1-8(13)12(16)15-10-4-2-9(3-5-10)11-6-14-7-17-11/h2-8H,13H2,1H3,(H,15,16)/t8-/m1/s1. The fourth-order valence-corrected chi connectivity index (χ4v) is 1.33. The van der Waals surface area contributed by atoms with Crippen LogP contribution in [-0.4, -0.2) is 16.9 Å². The molecular formula is C12H13N3O2. The second kappa shape index (κ2) is 4.80. The van der Waals surface area contributed by atoms with Crippen molar-refractivity contribution < 1.29 is 9.21 Å². The normalized spacial score (nSPS) is 12.1. The third-order valence-electron chi connectivity index (χ3n) is 2.28. The zero-order valence-corrected chi connectivity index (χ0v) is 9.38. The van der Waals surface area contributed by atoms with Crippen LogP contribution in [0.25, 0.3) is 11.3 Å². The van der Waals surface area contributed by atoms with Gasteiger partial charge in [-0.15, -0.1) is 0 Å². The lowest BCUT2D eigenvalue weighted by Crippen LogP contribution is -2.32. The summed E-state index contributed by atoms with van der Waals surface area (Å²) >= 11 is 0. The monoisotopic (exact) mass is 231 g/mol. The highest BCUT2D eigenvalue weighted by Gasteiger charge is 2.07. The molecule has 1 aromatic carbocycles. The van der Waals surface area contributed by atoms with E-state index in [-0.39, 0.29) is 5.91 Å². The molecule has 1 atom stereocenters. The van der Waals surface area contributed by atoms with Gasteiger partial charge >= 0.3 is 0 Å². The molecule has 0 radical (unpaired) electrons. The largest absolute Gasteiger partial charge is 0.444 e. The summed E-state index contributed by atoms with van der Waals surface area (Å²) in [7, 11) is 0. The van der Waals surface area contributed by atoms with Crippen molar-refractivity contribution in [2.75, 3.05) is 5.32 Å². The third-order valence-corrected chi connectivity index (χ3v) is 2.28. The number of aromatic nitrogens is 1. The summed E-state index contributed by atoms with van der Waals surface area (Å²) in [5, 5.41) is 2.70. The first-order valence-electron chi connectivity index (χ1n) is 5.22. The van der Waals surface area contributed by atoms with E-state index >= 15 is 0 Å². The maximum absolute atomic E-state index is 11.4. The van der Waals surface area contributed by atoms with Crippen LogP contribution in [0.3, 0.4) is 0 Å². The summed E-state index contributed by atoms with van der Waals surface area (Å²) in [6.45, 7) is 1.64. The number of hydrogen-bond donors (Lipinski definition) is 2. The molecule has 3 N–H and O–H groups in total. The number of carbonyl (C=O) groups excluding carboxylic acids is 1. The molecule has 5 nitrogen and oxygen atoms in total. The van der Waals surface area contributed by atoms with Crippen LogP contribution < -0.4 is 11.1 Å². The van der Waals surface area contributed by atoms with Crippen LogP contribution >= 0.6 is 0 Å². The van der Waals surface area contributed by atoms with Crippen LogP contribution in [0, 0.1) is 0 Å². The first-order valence-corrected chi connectivity index (χ1v) is 5.22. The number of rotatable bonds is 3. The van der Waals surface area contributed by atoms with Crippen LogP contribution in [0.2, 0.25) is 0 Å². The van der Waals surface area contributed by atoms with Gasteiger partial charge in [-0.25, -0.2) is 4.98 Å². The van der Waals surface area contributed by atoms with Crippen molar-refractivity contribution in [1.82, 2.24) is 4.98 Å². The fraction of sp³-hybridized carbons (Fsp3) is 0.167. The van der Waals surface area contributed by atoms with Crippen molar-refractivity contribution in [3.8, 4) is 11.3 Å². The average molecular weight is 231 g/mol. The van der Waals surface area contributed by atoms with E-state index in [9.17, 15) is 4.79 Å². The van der Waals surface area contributed by atoms with Gasteiger partial charge in [-0.3, -0.25) is 4.79 Å². The Bertz CT molecular complexity index is 489. The maximum atomic E-state index is 11.4. The van der Waals surface area contributed by atoms with E-state index in [1.54, 1.807) is 25.3 Å². The molecule has 0 fully saturated rings. The Morgan fingerprint density at radius 3 is 2.65 bits per heavy atom. The van der Waals surface area contributed by atoms with Crippen LogP contribution in [-0.2, 0) is 4.79 Å². The Morgan fingerprint density at radius 1 is 1.41 bits per heavy atom. The Morgan fingerprint density at radius 2 is 2.12 bits per heavy atom. The molecule has 0 aliphatic carbocycles. The first-order chi connectivity index (χ1) is 8.16. The minimum atomic E-state index is -0.524. The van der Waals surface area contributed by atoms with Gasteiger partial charge in [-0.2, -0.15) is 0 Å². The molecule has 0 aliphatic heterocycles. The van der Waals surface area contributed by atoms with Crippen LogP contribution in [0.5, 0.6) is 0 Å². The van der Waals surface area contributed by atoms with Gasteiger partial charge in [0.25, 0.3) is 0 Å². The molecule has 1 aromatic heterocycles. The van der Waals surface area contributed by atoms with Crippen molar-refractivity contribution >= 4 is 11.6 Å². The summed E-state index contributed by atoms with van der Waals surface area (Å²) in [6.07, 6.45) is 3.01. The lowest BCUT2D eigenvalue weighted by atomic mass is 10.1. The van der Waals surface area contributed by atoms with E-state index in [0.717, 1.165) is 5.56 Å². The van der Waals surface area contributed by atoms with Crippen molar-refractivity contribution in [3.63, 3.8) is 0 Å². The number of amides is 1. The third kappa shape index (κ3) is 2.70. The van der Waals surface area contributed by atoms with Gasteiger partial charge in [0.1, 0.15) is 0 Å². The zero-order valence-electron chi connectivity index (χ0n) is 9.38. The zero-order chi connectivity index (χ0) is 12.3. The number of nitrogens with one attached hydrogen (secondary N) is 1. The molecule has 0 bridgehead atoms. The number of anilines is 1. The number of oxazole rings is 1. The van der Waals surface area contributed by atoms with E-state index in [4.69, 9.17) is 10.2 Å². The highest BCUT2D eigenvalue weighted by Crippen LogP contribution is 2.20. The lowest BCUT2D eigenvalue weighted by molar-refractivity contribution is -0.117. The highest BCUT2D eigenvalue weighted by molar-refractivity contribution is 5.94. The van der Waals surface area contributed by atoms with E-state index in [1.807, 2.05) is 12.1 Å². The molecule has 2 rings (SSSR count). The highest BCUT2D eigenvalue weighted by atomic mass is 16.3. The SMILES string of the molecule is C[C@@H](N)C(=O)Nc1ccc(-c2cnco2)cc1. The molecule has 0 spiro atoms. The Balaban J connectivity index is 2.11. The molecule has 0 saturated carbocycles. The number of nitrogens with two attached hydrogens (primary N) is 1. The average Bonchev–Trinajstić information content (AvgIpc) is 2.83. The molecule has 1 heterocycles. The van der Waals surface area contributed by atoms with Crippen molar-refractivity contribution in [3.05, 3.63) is 36.9 Å². The minimum absolute atomic E-state index is 0.211. The van der Waals surface area contributed by atoms with Gasteiger partial charge in [0.2, 0.25) is 5.91 Å². The summed E-state index contributed by atoms with van der Waals surface area (Å²) in [5.74, 6) is 0.479. The number of hydrogen-bond acceptors (Lipinski definition) is 4. The van der Waals surface area contributed by atoms with E-state index < -0.39 is 6.04 Å². The molecule has 1 amide bonds. The molecule has 0 unspecified atom stereocenters. The van der Waals surface area contributed by atoms with Gasteiger partial charge in [-0.1, -0.05) is 0 Å². The molecule has 17 heavy (non-hydrogen) atoms. The summed E-state index contributed by atoms with van der Waals surface area (Å²) in [5.41, 5.74) is 7.06. The fourth-order valence-electron chi connectivity index (χ4n) is 1.33. The maximum Gasteiger partial charge on any atom is 0.240 e. The first kappa shape index (κ1) is 11.3. The predicted octanol–water partition coefficient (Wildman–Crippen LogP) is 1.63. The molecule has 88 valence electrons. The van der Waals surface area contributed by atoms with Crippen molar-refractivity contribution in [1.29, 1.82) is 0 Å². The summed E-state index contributed by atoms with van der Waals surface area (Å²) in [4.78, 5) is 15.2. The van der Waals surface area contributed by atoms with Gasteiger partial charge in [0.05, 0.1) is 12.2 Å². The minimum Gasteiger partial charge on any atom is -0.444 e. The van der Waals surface area contributed by atoms with E-state index in [0.29, 0.717) is 11.4 Å². The molecule has 0 aliphatic rings. The van der Waals surface area contributed by atoms with Crippen molar-refractivity contribution in [2.45, 2.75) is 13.0 Å². The quantitative estimate of drug-likeness (QED) is 0.841. The van der Waals surface area contributed by atoms with Gasteiger partial charge in [-0.05, 0) is 31.2 Å². The van der Waals surface area contributed by atoms with Gasteiger partial charge < -0.3 is 15.5 Å². The Kier molecular flexibility index (Phi) is 3.20. The Labute approximate surface area is 98.6 Å². The topological polar surface area (TPSA) is 81.2 Å². The smallest absolute Gasteiger partial charge is 0.240 e. The molecule has 2 aromatic rings. The second-order valence-corrected chi connectivity index (χ2v) is 3.72. The summed E-state index contributed by atoms with van der Waals surface area (Å²) in [6, 6.07) is 6.74. The van der Waals surface area contributed by atoms with Crippen LogP contribution in [0.1, 0.15) is 6.92 Å². The predicted molar refractivity (Wildman–Crippen MR) is 64.2 cm³/mol. The second-order valence-electron chi connectivity index (χ2n) is 3.72. The number of nitrogens with zero attached hydrogens (tertiary/aromatic N) is 1. The number of benzene rings is 1. The van der Waals surface area contributed by atoms with E-state index in [1.165, 1.54) is 6.39 Å². The van der Waals surface area contributed by atoms with Crippen LogP contribution in [0.4, 0.5) is 5.69 Å². The van der Waals surface area contributed by atoms with Crippen molar-refractivity contribution in [2.24, 2.45) is 5.73 Å². The number of carbonyl (C=O) groups is 1. The lowest BCUT2D eigenvalue weighted by Gasteiger charge is -2.07. The van der Waals surface area contributed by atoms with Gasteiger partial charge in [0, 0.05) is 11.3 Å². The van der Waals surface area contributed by atoms with Crippen LogP contribution in [0.15, 0.2) is 41.3 Å². The molecule has 5 heteroatoms. The molecule has 0 saturated heterocycles. The van der Waals surface area contributed by atoms with E-state index in [2.05, 4.69) is 10.3 Å². The molecular weight excluding hydrogens is 218 g/mol.